The molecule has 0 aliphatic heterocycles. The molecule has 4 nitrogen and oxygen atoms in total. The molecule has 2 aromatic rings. The normalized spacial score (nSPS) is 15.7. The molecule has 0 bridgehead atoms. The quantitative estimate of drug-likeness (QED) is 0.881. The van der Waals surface area contributed by atoms with Crippen molar-refractivity contribution in [1.29, 1.82) is 0 Å². The monoisotopic (exact) mass is 361 g/mol. The molecular weight excluding hydrogens is 345 g/mol. The minimum Gasteiger partial charge on any atom is -0.478 e. The summed E-state index contributed by atoms with van der Waals surface area (Å²) in [5, 5.41) is 9.02. The van der Waals surface area contributed by atoms with Gasteiger partial charge in [-0.25, -0.2) is 9.18 Å². The van der Waals surface area contributed by atoms with Crippen molar-refractivity contribution in [3.8, 4) is 0 Å². The zero-order chi connectivity index (χ0) is 18.1. The Morgan fingerprint density at radius 3 is 2.76 bits per heavy atom. The molecule has 0 radical (unpaired) electrons. The lowest BCUT2D eigenvalue weighted by atomic mass is 10.0. The number of carbonyl (C=O) groups excluding carboxylic acids is 1. The van der Waals surface area contributed by atoms with E-state index in [1.54, 1.807) is 23.1 Å². The summed E-state index contributed by atoms with van der Waals surface area (Å²) in [7, 11) is 0. The number of carboxylic acids is 1. The number of nitrogens with zero attached hydrogens (tertiary/aromatic N) is 1. The maximum Gasteiger partial charge on any atom is 0.335 e. The Balaban J connectivity index is 1.98. The van der Waals surface area contributed by atoms with Crippen molar-refractivity contribution in [3.63, 3.8) is 0 Å². The van der Waals surface area contributed by atoms with Crippen LogP contribution in [0.2, 0.25) is 5.02 Å². The van der Waals surface area contributed by atoms with Crippen LogP contribution in [0.1, 0.15) is 51.2 Å². The summed E-state index contributed by atoms with van der Waals surface area (Å²) in [6, 6.07) is 8.91. The molecular formula is C19H17ClFNO3. The number of carboxylic acid groups (broad SMARTS) is 1. The molecule has 2 aromatic carbocycles. The zero-order valence-electron chi connectivity index (χ0n) is 13.6. The predicted octanol–water partition coefficient (Wildman–Crippen LogP) is 4.33. The van der Waals surface area contributed by atoms with Crippen LogP contribution in [0.15, 0.2) is 36.4 Å². The maximum absolute atomic E-state index is 13.7. The molecule has 0 aromatic heterocycles. The average molecular weight is 362 g/mol. The van der Waals surface area contributed by atoms with Gasteiger partial charge in [-0.3, -0.25) is 4.79 Å². The minimum atomic E-state index is -1.00. The van der Waals surface area contributed by atoms with Crippen molar-refractivity contribution in [2.45, 2.75) is 25.8 Å². The number of aromatic carboxylic acids is 1. The summed E-state index contributed by atoms with van der Waals surface area (Å²) >= 11 is 5.96. The Morgan fingerprint density at radius 2 is 2.08 bits per heavy atom. The molecule has 0 saturated heterocycles. The first-order valence-electron chi connectivity index (χ1n) is 8.05. The maximum atomic E-state index is 13.7. The lowest BCUT2D eigenvalue weighted by molar-refractivity contribution is 0.0687. The lowest BCUT2D eigenvalue weighted by Gasteiger charge is -2.29. The van der Waals surface area contributed by atoms with E-state index in [2.05, 4.69) is 0 Å². The van der Waals surface area contributed by atoms with Crippen LogP contribution in [0.3, 0.4) is 0 Å². The van der Waals surface area contributed by atoms with E-state index in [0.717, 1.165) is 17.5 Å². The Bertz CT molecular complexity index is 853. The molecule has 1 N–H and O–H groups in total. The highest BCUT2D eigenvalue weighted by molar-refractivity contribution is 6.34. The molecule has 0 saturated carbocycles. The van der Waals surface area contributed by atoms with Crippen LogP contribution in [-0.4, -0.2) is 28.4 Å². The van der Waals surface area contributed by atoms with E-state index in [0.29, 0.717) is 13.0 Å². The third-order valence-corrected chi connectivity index (χ3v) is 4.98. The first-order valence-corrected chi connectivity index (χ1v) is 8.43. The minimum absolute atomic E-state index is 0.117. The van der Waals surface area contributed by atoms with E-state index in [-0.39, 0.29) is 28.1 Å². The molecule has 1 aliphatic rings. The van der Waals surface area contributed by atoms with E-state index in [1.165, 1.54) is 18.2 Å². The van der Waals surface area contributed by atoms with Crippen molar-refractivity contribution in [2.75, 3.05) is 6.54 Å². The van der Waals surface area contributed by atoms with Gasteiger partial charge >= 0.3 is 5.97 Å². The topological polar surface area (TPSA) is 57.6 Å². The SMILES string of the molecule is CCN(C(=O)c1cccc(F)c1Cl)C1CCc2ccc(C(=O)O)cc21. The molecule has 0 heterocycles. The Kier molecular flexibility index (Phi) is 4.77. The van der Waals surface area contributed by atoms with Crippen LogP contribution in [0.5, 0.6) is 0 Å². The number of rotatable bonds is 4. The van der Waals surface area contributed by atoms with E-state index in [4.69, 9.17) is 11.6 Å². The van der Waals surface area contributed by atoms with Gasteiger partial charge in [0.1, 0.15) is 5.82 Å². The van der Waals surface area contributed by atoms with Gasteiger partial charge in [0.15, 0.2) is 0 Å². The summed E-state index contributed by atoms with van der Waals surface area (Å²) in [4.78, 5) is 25.8. The first kappa shape index (κ1) is 17.4. The second-order valence-electron chi connectivity index (χ2n) is 5.97. The number of hydrogen-bond acceptors (Lipinski definition) is 2. The average Bonchev–Trinajstić information content (AvgIpc) is 3.01. The van der Waals surface area contributed by atoms with Gasteiger partial charge in [-0.2, -0.15) is 0 Å². The molecule has 1 amide bonds. The molecule has 1 aliphatic carbocycles. The van der Waals surface area contributed by atoms with Crippen molar-refractivity contribution >= 4 is 23.5 Å². The number of amides is 1. The smallest absolute Gasteiger partial charge is 0.335 e. The summed E-state index contributed by atoms with van der Waals surface area (Å²) in [6.07, 6.45) is 1.46. The third kappa shape index (κ3) is 3.12. The summed E-state index contributed by atoms with van der Waals surface area (Å²) in [5.74, 6) is -2.00. The standard InChI is InChI=1S/C19H17ClFNO3/c1-2-22(18(23)13-4-3-5-15(21)17(13)20)16-9-8-11-6-7-12(19(24)25)10-14(11)16/h3-7,10,16H,2,8-9H2,1H3,(H,24,25). The highest BCUT2D eigenvalue weighted by Crippen LogP contribution is 2.37. The third-order valence-electron chi connectivity index (χ3n) is 4.60. The molecule has 1 unspecified atom stereocenters. The van der Waals surface area contributed by atoms with Crippen molar-refractivity contribution in [2.24, 2.45) is 0 Å². The van der Waals surface area contributed by atoms with Crippen LogP contribution in [0.25, 0.3) is 0 Å². The first-order chi connectivity index (χ1) is 11.9. The van der Waals surface area contributed by atoms with E-state index in [1.807, 2.05) is 6.92 Å². The van der Waals surface area contributed by atoms with Crippen LogP contribution < -0.4 is 0 Å². The van der Waals surface area contributed by atoms with Gasteiger partial charge in [-0.15, -0.1) is 0 Å². The predicted molar refractivity (Wildman–Crippen MR) is 92.6 cm³/mol. The number of aryl methyl sites for hydroxylation is 1. The molecule has 25 heavy (non-hydrogen) atoms. The second kappa shape index (κ2) is 6.84. The zero-order valence-corrected chi connectivity index (χ0v) is 14.4. The van der Waals surface area contributed by atoms with Crippen molar-refractivity contribution < 1.29 is 19.1 Å². The number of fused-ring (bicyclic) bond motifs is 1. The van der Waals surface area contributed by atoms with Crippen LogP contribution >= 0.6 is 11.6 Å². The Labute approximate surface area is 149 Å². The van der Waals surface area contributed by atoms with Gasteiger partial charge in [-0.05, 0) is 55.2 Å². The largest absolute Gasteiger partial charge is 0.478 e. The fraction of sp³-hybridized carbons (Fsp3) is 0.263. The number of hydrogen-bond donors (Lipinski definition) is 1. The highest BCUT2D eigenvalue weighted by Gasteiger charge is 2.32. The second-order valence-corrected chi connectivity index (χ2v) is 6.34. The number of benzene rings is 2. The Morgan fingerprint density at radius 1 is 1.32 bits per heavy atom. The fourth-order valence-electron chi connectivity index (χ4n) is 3.37. The summed E-state index contributed by atoms with van der Waals surface area (Å²) < 4.78 is 13.7. The van der Waals surface area contributed by atoms with E-state index < -0.39 is 11.8 Å². The number of carbonyl (C=O) groups is 2. The Hall–Kier alpha value is -2.40. The molecule has 130 valence electrons. The molecule has 1 atom stereocenters. The van der Waals surface area contributed by atoms with Gasteiger partial charge in [0, 0.05) is 6.54 Å². The summed E-state index contributed by atoms with van der Waals surface area (Å²) in [6.45, 7) is 2.25. The molecule has 0 spiro atoms. The fourth-order valence-corrected chi connectivity index (χ4v) is 3.57. The van der Waals surface area contributed by atoms with E-state index in [9.17, 15) is 19.1 Å². The highest BCUT2D eigenvalue weighted by atomic mass is 35.5. The van der Waals surface area contributed by atoms with Gasteiger partial charge in [0.25, 0.3) is 5.91 Å². The lowest BCUT2D eigenvalue weighted by Crippen LogP contribution is -2.34. The number of halogens is 2. The van der Waals surface area contributed by atoms with Gasteiger partial charge < -0.3 is 10.0 Å². The van der Waals surface area contributed by atoms with Gasteiger partial charge in [-0.1, -0.05) is 23.7 Å². The van der Waals surface area contributed by atoms with Crippen LogP contribution in [-0.2, 0) is 6.42 Å². The van der Waals surface area contributed by atoms with Crippen molar-refractivity contribution in [3.05, 3.63) is 69.5 Å². The molecule has 0 fully saturated rings. The van der Waals surface area contributed by atoms with Gasteiger partial charge in [0.05, 0.1) is 22.2 Å². The van der Waals surface area contributed by atoms with E-state index >= 15 is 0 Å². The van der Waals surface area contributed by atoms with Crippen LogP contribution in [0.4, 0.5) is 4.39 Å². The molecule has 3 rings (SSSR count). The molecule has 6 heteroatoms. The van der Waals surface area contributed by atoms with Crippen molar-refractivity contribution in [1.82, 2.24) is 4.90 Å². The van der Waals surface area contributed by atoms with Crippen LogP contribution in [0, 0.1) is 5.82 Å². The summed E-state index contributed by atoms with van der Waals surface area (Å²) in [5.41, 5.74) is 2.18. The van der Waals surface area contributed by atoms with Gasteiger partial charge in [0.2, 0.25) is 0 Å².